The summed E-state index contributed by atoms with van der Waals surface area (Å²) in [4.78, 5) is 25.9. The first-order valence-corrected chi connectivity index (χ1v) is 10.9. The third-order valence-corrected chi connectivity index (χ3v) is 7.42. The van der Waals surface area contributed by atoms with Crippen LogP contribution in [0, 0.1) is 5.92 Å². The van der Waals surface area contributed by atoms with Gasteiger partial charge in [-0.25, -0.2) is 8.42 Å². The quantitative estimate of drug-likeness (QED) is 0.845. The monoisotopic (exact) mass is 394 g/mol. The number of carbonyl (C=O) groups is 2. The molecule has 0 spiro atoms. The molecule has 2 aliphatic heterocycles. The molecule has 2 unspecified atom stereocenters. The second-order valence-electron chi connectivity index (χ2n) is 7.41. The predicted octanol–water partition coefficient (Wildman–Crippen LogP) is 2.19. The number of hydrogen-bond donors (Lipinski definition) is 1. The van der Waals surface area contributed by atoms with Gasteiger partial charge in [0.15, 0.2) is 0 Å². The Morgan fingerprint density at radius 2 is 1.81 bits per heavy atom. The number of hydrogen-bond acceptors (Lipinski definition) is 4. The van der Waals surface area contributed by atoms with Crippen molar-refractivity contribution in [1.82, 2.24) is 9.21 Å². The van der Waals surface area contributed by atoms with Crippen molar-refractivity contribution >= 4 is 21.9 Å². The molecule has 0 aliphatic carbocycles. The van der Waals surface area contributed by atoms with Crippen LogP contribution < -0.4 is 0 Å². The van der Waals surface area contributed by atoms with E-state index in [1.165, 1.54) is 16.4 Å². The van der Waals surface area contributed by atoms with Gasteiger partial charge in [0.2, 0.25) is 10.0 Å². The summed E-state index contributed by atoms with van der Waals surface area (Å²) >= 11 is 0. The fraction of sp³-hybridized carbons (Fsp3) is 0.579. The molecule has 2 fully saturated rings. The van der Waals surface area contributed by atoms with Crippen molar-refractivity contribution in [1.29, 1.82) is 0 Å². The van der Waals surface area contributed by atoms with E-state index in [9.17, 15) is 23.1 Å². The van der Waals surface area contributed by atoms with E-state index < -0.39 is 21.9 Å². The minimum Gasteiger partial charge on any atom is -0.481 e. The van der Waals surface area contributed by atoms with Crippen LogP contribution in [0.2, 0.25) is 0 Å². The van der Waals surface area contributed by atoms with E-state index in [-0.39, 0.29) is 29.0 Å². The molecule has 1 N–H and O–H groups in total. The van der Waals surface area contributed by atoms with Gasteiger partial charge in [-0.1, -0.05) is 12.5 Å². The van der Waals surface area contributed by atoms with Crippen LogP contribution >= 0.6 is 0 Å². The average molecular weight is 394 g/mol. The van der Waals surface area contributed by atoms with E-state index in [0.29, 0.717) is 25.9 Å². The number of carboxylic acids is 1. The molecule has 0 saturated carbocycles. The summed E-state index contributed by atoms with van der Waals surface area (Å²) in [5, 5.41) is 9.27. The van der Waals surface area contributed by atoms with E-state index in [0.717, 1.165) is 19.3 Å². The van der Waals surface area contributed by atoms with E-state index in [4.69, 9.17) is 0 Å². The number of carboxylic acid groups (broad SMARTS) is 1. The second-order valence-corrected chi connectivity index (χ2v) is 9.35. The van der Waals surface area contributed by atoms with Gasteiger partial charge in [-0.2, -0.15) is 4.31 Å². The zero-order valence-corrected chi connectivity index (χ0v) is 16.3. The van der Waals surface area contributed by atoms with Gasteiger partial charge in [0.25, 0.3) is 5.91 Å². The summed E-state index contributed by atoms with van der Waals surface area (Å²) in [6.07, 6.45) is 3.89. The van der Waals surface area contributed by atoms with Gasteiger partial charge in [0.05, 0.1) is 10.8 Å². The van der Waals surface area contributed by atoms with Gasteiger partial charge < -0.3 is 10.0 Å². The molecule has 2 saturated heterocycles. The van der Waals surface area contributed by atoms with Crippen LogP contribution in [0.25, 0.3) is 0 Å². The number of nitrogens with zero attached hydrogens (tertiary/aromatic N) is 2. The molecule has 148 valence electrons. The molecule has 1 aromatic carbocycles. The highest BCUT2D eigenvalue weighted by molar-refractivity contribution is 7.89. The molecule has 0 aromatic heterocycles. The van der Waals surface area contributed by atoms with Crippen molar-refractivity contribution in [3.63, 3.8) is 0 Å². The predicted molar refractivity (Wildman–Crippen MR) is 99.9 cm³/mol. The number of aliphatic carboxylic acids is 1. The number of rotatable bonds is 4. The molecule has 2 atom stereocenters. The van der Waals surface area contributed by atoms with Crippen molar-refractivity contribution in [2.24, 2.45) is 5.92 Å². The molecule has 3 rings (SSSR count). The molecule has 27 heavy (non-hydrogen) atoms. The third-order valence-electron chi connectivity index (χ3n) is 5.53. The lowest BCUT2D eigenvalue weighted by atomic mass is 9.93. The van der Waals surface area contributed by atoms with Crippen LogP contribution in [0.3, 0.4) is 0 Å². The highest BCUT2D eigenvalue weighted by Gasteiger charge is 2.33. The maximum atomic E-state index is 13.0. The standard InChI is InChI=1S/C19H26N2O5S/c1-14-8-9-16(19(23)24)13-21(14)18(22)15-6-5-7-17(12-15)27(25,26)20-10-3-2-4-11-20/h5-7,12,14,16H,2-4,8-11,13H2,1H3,(H,23,24). The number of benzene rings is 1. The second kappa shape index (κ2) is 7.98. The normalized spacial score (nSPS) is 24.6. The van der Waals surface area contributed by atoms with Crippen molar-refractivity contribution < 1.29 is 23.1 Å². The molecular weight excluding hydrogens is 368 g/mol. The van der Waals surface area contributed by atoms with Gasteiger partial charge in [0, 0.05) is 31.2 Å². The van der Waals surface area contributed by atoms with Crippen molar-refractivity contribution in [2.45, 2.75) is 50.0 Å². The number of sulfonamides is 1. The molecule has 0 radical (unpaired) electrons. The summed E-state index contributed by atoms with van der Waals surface area (Å²) in [7, 11) is -3.62. The minimum atomic E-state index is -3.62. The van der Waals surface area contributed by atoms with Gasteiger partial charge in [-0.05, 0) is 50.8 Å². The van der Waals surface area contributed by atoms with Gasteiger partial charge >= 0.3 is 5.97 Å². The van der Waals surface area contributed by atoms with E-state index in [1.807, 2.05) is 6.92 Å². The van der Waals surface area contributed by atoms with Crippen LogP contribution in [0.5, 0.6) is 0 Å². The third kappa shape index (κ3) is 4.16. The highest BCUT2D eigenvalue weighted by Crippen LogP contribution is 2.26. The largest absolute Gasteiger partial charge is 0.481 e. The highest BCUT2D eigenvalue weighted by atomic mass is 32.2. The van der Waals surface area contributed by atoms with Crippen LogP contribution in [0.15, 0.2) is 29.2 Å². The van der Waals surface area contributed by atoms with Crippen LogP contribution in [0.1, 0.15) is 49.4 Å². The van der Waals surface area contributed by atoms with Gasteiger partial charge in [-0.3, -0.25) is 9.59 Å². The average Bonchev–Trinajstić information content (AvgIpc) is 2.68. The molecule has 0 bridgehead atoms. The Hall–Kier alpha value is -1.93. The van der Waals surface area contributed by atoms with Crippen LogP contribution in [-0.2, 0) is 14.8 Å². The molecule has 2 heterocycles. The van der Waals surface area contributed by atoms with Crippen LogP contribution in [0.4, 0.5) is 0 Å². The SMILES string of the molecule is CC1CCC(C(=O)O)CN1C(=O)c1cccc(S(=O)(=O)N2CCCCC2)c1. The van der Waals surface area contributed by atoms with Crippen molar-refractivity contribution in [3.05, 3.63) is 29.8 Å². The van der Waals surface area contributed by atoms with E-state index >= 15 is 0 Å². The first-order chi connectivity index (χ1) is 12.8. The maximum absolute atomic E-state index is 13.0. The summed E-state index contributed by atoms with van der Waals surface area (Å²) < 4.78 is 27.2. The fourth-order valence-corrected chi connectivity index (χ4v) is 5.36. The smallest absolute Gasteiger partial charge is 0.308 e. The Kier molecular flexibility index (Phi) is 5.86. The van der Waals surface area contributed by atoms with E-state index in [2.05, 4.69) is 0 Å². The lowest BCUT2D eigenvalue weighted by molar-refractivity contribution is -0.143. The summed E-state index contributed by atoms with van der Waals surface area (Å²) in [5.41, 5.74) is 0.283. The molecular formula is C19H26N2O5S. The lowest BCUT2D eigenvalue weighted by Crippen LogP contribution is -2.47. The van der Waals surface area contributed by atoms with E-state index in [1.54, 1.807) is 17.0 Å². The van der Waals surface area contributed by atoms with Crippen LogP contribution in [-0.4, -0.2) is 60.3 Å². The topological polar surface area (TPSA) is 95.0 Å². The number of carbonyl (C=O) groups excluding carboxylic acids is 1. The van der Waals surface area contributed by atoms with Gasteiger partial charge in [-0.15, -0.1) is 0 Å². The molecule has 8 heteroatoms. The van der Waals surface area contributed by atoms with Crippen molar-refractivity contribution in [3.8, 4) is 0 Å². The Bertz CT molecular complexity index is 817. The number of piperidine rings is 2. The number of amides is 1. The fourth-order valence-electron chi connectivity index (χ4n) is 3.80. The minimum absolute atomic E-state index is 0.0737. The molecule has 1 amide bonds. The van der Waals surface area contributed by atoms with Crippen molar-refractivity contribution in [2.75, 3.05) is 19.6 Å². The zero-order chi connectivity index (χ0) is 19.6. The van der Waals surface area contributed by atoms with Gasteiger partial charge in [0.1, 0.15) is 0 Å². The lowest BCUT2D eigenvalue weighted by Gasteiger charge is -2.36. The maximum Gasteiger partial charge on any atom is 0.308 e. The Balaban J connectivity index is 1.84. The molecule has 1 aromatic rings. The Labute approximate surface area is 160 Å². The number of likely N-dealkylation sites (tertiary alicyclic amines) is 1. The molecule has 7 nitrogen and oxygen atoms in total. The summed E-state index contributed by atoms with van der Waals surface area (Å²) in [5.74, 6) is -1.80. The zero-order valence-electron chi connectivity index (χ0n) is 15.5. The first kappa shape index (κ1) is 19.8. The Morgan fingerprint density at radius 3 is 2.48 bits per heavy atom. The summed E-state index contributed by atoms with van der Waals surface area (Å²) in [6.45, 7) is 3.05. The Morgan fingerprint density at radius 1 is 1.11 bits per heavy atom. The molecule has 2 aliphatic rings. The first-order valence-electron chi connectivity index (χ1n) is 9.44. The summed E-state index contributed by atoms with van der Waals surface area (Å²) in [6, 6.07) is 6.03.